The molecule has 19 heteroatoms. The lowest BCUT2D eigenvalue weighted by atomic mass is 9.99. The van der Waals surface area contributed by atoms with Crippen molar-refractivity contribution < 1.29 is 42.4 Å². The zero-order valence-corrected chi connectivity index (χ0v) is 26.9. The summed E-state index contributed by atoms with van der Waals surface area (Å²) in [6, 6.07) is -1.38. The molecule has 7 atom stereocenters. The maximum atomic E-state index is 15.6. The van der Waals surface area contributed by atoms with Crippen molar-refractivity contribution in [1.82, 2.24) is 19.7 Å². The van der Waals surface area contributed by atoms with Gasteiger partial charge in [-0.25, -0.2) is 19.4 Å². The third-order valence-electron chi connectivity index (χ3n) is 5.87. The van der Waals surface area contributed by atoms with Crippen LogP contribution in [0.3, 0.4) is 0 Å². The van der Waals surface area contributed by atoms with Gasteiger partial charge in [0.15, 0.2) is 12.4 Å². The summed E-state index contributed by atoms with van der Waals surface area (Å²) in [6.45, 7) is 12.6. The van der Waals surface area contributed by atoms with E-state index < -0.39 is 68.2 Å². The summed E-state index contributed by atoms with van der Waals surface area (Å²) in [4.78, 5) is 43.7. The Morgan fingerprint density at radius 2 is 1.70 bits per heavy atom. The fourth-order valence-electron chi connectivity index (χ4n) is 3.63. The molecule has 0 aromatic carbocycles. The predicted octanol–water partition coefficient (Wildman–Crippen LogP) is 2.32. The molecule has 1 saturated heterocycles. The number of azide groups is 1. The molecule has 1 aliphatic rings. The second kappa shape index (κ2) is 14.3. The average molecular weight is 649 g/mol. The van der Waals surface area contributed by atoms with Crippen LogP contribution in [0.1, 0.15) is 61.6 Å². The number of aromatic nitrogens is 2. The molecular formula is C25H42FN8O9P. The lowest BCUT2D eigenvalue weighted by Crippen LogP contribution is -2.46. The fourth-order valence-corrected chi connectivity index (χ4v) is 5.45. The van der Waals surface area contributed by atoms with Crippen LogP contribution in [0, 0.1) is 10.8 Å². The van der Waals surface area contributed by atoms with Gasteiger partial charge in [0.2, 0.25) is 5.72 Å². The largest absolute Gasteiger partial charge is 0.464 e. The van der Waals surface area contributed by atoms with E-state index in [2.05, 4.69) is 25.2 Å². The summed E-state index contributed by atoms with van der Waals surface area (Å²) in [7, 11) is -4.55. The number of nitrogens with one attached hydrogen (secondary N) is 2. The molecule has 2 heterocycles. The van der Waals surface area contributed by atoms with Crippen LogP contribution in [0.2, 0.25) is 0 Å². The Kier molecular flexibility index (Phi) is 12.1. The Morgan fingerprint density at radius 3 is 2.14 bits per heavy atom. The Hall–Kier alpha value is -3.11. The molecule has 0 saturated carbocycles. The van der Waals surface area contributed by atoms with Gasteiger partial charge in [-0.15, -0.1) is 0 Å². The number of halogens is 1. The van der Waals surface area contributed by atoms with Crippen molar-refractivity contribution in [3.8, 4) is 0 Å². The van der Waals surface area contributed by atoms with Gasteiger partial charge in [-0.05, 0) is 36.3 Å². The van der Waals surface area contributed by atoms with Crippen LogP contribution >= 0.6 is 7.67 Å². The molecule has 1 aromatic heterocycles. The topological polar surface area (TPSA) is 242 Å². The number of hydrogen-bond acceptors (Lipinski definition) is 12. The smallest absolute Gasteiger partial charge is 0.351 e. The molecule has 1 fully saturated rings. The van der Waals surface area contributed by atoms with Gasteiger partial charge in [-0.3, -0.25) is 18.7 Å². The highest BCUT2D eigenvalue weighted by Crippen LogP contribution is 2.46. The van der Waals surface area contributed by atoms with E-state index in [1.165, 1.54) is 19.9 Å². The first-order chi connectivity index (χ1) is 20.1. The number of aliphatic hydroxyl groups is 1. The number of nitrogens with two attached hydrogens (primary N) is 1. The molecule has 0 aliphatic carbocycles. The minimum Gasteiger partial charge on any atom is -0.464 e. The monoisotopic (exact) mass is 648 g/mol. The van der Waals surface area contributed by atoms with Gasteiger partial charge in [-0.2, -0.15) is 4.98 Å². The molecule has 1 aromatic rings. The third kappa shape index (κ3) is 10.2. The summed E-state index contributed by atoms with van der Waals surface area (Å²) >= 11 is 0. The number of nitrogens with zero attached hydrogens (tertiary/aromatic N) is 5. The number of alkyl halides is 1. The number of ether oxygens (including phenoxy) is 3. The normalized spacial score (nSPS) is 24.9. The third-order valence-corrected chi connectivity index (χ3v) is 7.82. The van der Waals surface area contributed by atoms with Crippen molar-refractivity contribution in [1.29, 1.82) is 0 Å². The summed E-state index contributed by atoms with van der Waals surface area (Å²) in [5.74, 6) is -1.78. The number of carbonyl (C=O) groups is 2. The number of anilines is 1. The Balaban J connectivity index is 2.37. The molecule has 2 rings (SSSR count). The maximum Gasteiger partial charge on any atom is 0.351 e. The number of carbonyl (C=O) groups excluding carboxylic acids is 2. The molecule has 0 radical (unpaired) electrons. The van der Waals surface area contributed by atoms with Gasteiger partial charge < -0.3 is 29.6 Å². The first-order valence-electron chi connectivity index (χ1n) is 13.7. The van der Waals surface area contributed by atoms with E-state index in [0.29, 0.717) is 0 Å². The molecule has 5 N–H and O–H groups in total. The van der Waals surface area contributed by atoms with Crippen LogP contribution < -0.4 is 21.6 Å². The van der Waals surface area contributed by atoms with Crippen molar-refractivity contribution in [2.24, 2.45) is 15.9 Å². The quantitative estimate of drug-likeness (QED) is 0.0790. The average Bonchev–Trinajstić information content (AvgIpc) is 3.14. The molecule has 1 aliphatic heterocycles. The highest BCUT2D eigenvalue weighted by atomic mass is 31.2. The van der Waals surface area contributed by atoms with Crippen molar-refractivity contribution >= 4 is 25.4 Å². The number of hydrogen-bond donors (Lipinski definition) is 4. The molecule has 2 unspecified atom stereocenters. The first kappa shape index (κ1) is 37.1. The van der Waals surface area contributed by atoms with Gasteiger partial charge in [0.25, 0.3) is 0 Å². The number of rotatable bonds is 13. The van der Waals surface area contributed by atoms with E-state index >= 15 is 4.39 Å². The SMILES string of the molecule is CC(NP(=O)(N[C@@H](C)C(=O)OCC(C)(C)C)OC[C@@]1(N=[N+]=[N-])O[C@@H](n2ccc(N)nc2=O)[C@H](O)[C@@H]1F)C(=O)OCC(C)(C)C. The molecule has 44 heavy (non-hydrogen) atoms. The highest BCUT2D eigenvalue weighted by molar-refractivity contribution is 7.54. The van der Waals surface area contributed by atoms with Crippen LogP contribution in [0.5, 0.6) is 0 Å². The zero-order chi connectivity index (χ0) is 33.7. The van der Waals surface area contributed by atoms with E-state index in [-0.39, 0.29) is 29.9 Å². The Bertz CT molecular complexity index is 1300. The van der Waals surface area contributed by atoms with Gasteiger partial charge in [0.05, 0.1) is 19.8 Å². The lowest BCUT2D eigenvalue weighted by Gasteiger charge is -2.31. The molecule has 248 valence electrons. The van der Waals surface area contributed by atoms with E-state index in [1.807, 2.05) is 41.5 Å². The minimum atomic E-state index is -4.55. The molecule has 17 nitrogen and oxygen atoms in total. The molecule has 0 bridgehead atoms. The standard InChI is InChI=1S/C25H42FN8O9P/c1-14(20(36)40-11-23(3,4)5)30-44(39,31-15(2)21(37)41-12-24(6,7)8)42-13-25(32-33-28)18(26)17(35)19(43-25)34-10-9-16(27)29-22(34)38/h9-10,14-15,17-19,35H,11-13H2,1-8H3,(H2,27,29,38)(H2,30,31,39)/t14-,15?,17+,18-,19+,25+,44?/m0/s1. The van der Waals surface area contributed by atoms with Gasteiger partial charge in [-0.1, -0.05) is 46.7 Å². The van der Waals surface area contributed by atoms with Crippen molar-refractivity contribution in [2.75, 3.05) is 25.6 Å². The van der Waals surface area contributed by atoms with Gasteiger partial charge in [0, 0.05) is 11.1 Å². The van der Waals surface area contributed by atoms with Crippen molar-refractivity contribution in [3.63, 3.8) is 0 Å². The van der Waals surface area contributed by atoms with Gasteiger partial charge in [0.1, 0.15) is 24.0 Å². The molecule has 0 spiro atoms. The van der Waals surface area contributed by atoms with Crippen molar-refractivity contribution in [3.05, 3.63) is 33.2 Å². The zero-order valence-electron chi connectivity index (χ0n) is 26.0. The number of aliphatic hydroxyl groups excluding tert-OH is 1. The number of nitrogen functional groups attached to an aromatic ring is 1. The van der Waals surface area contributed by atoms with E-state index in [1.54, 1.807) is 0 Å². The van der Waals surface area contributed by atoms with E-state index in [0.717, 1.165) is 10.8 Å². The van der Waals surface area contributed by atoms with Crippen LogP contribution in [0.4, 0.5) is 10.2 Å². The van der Waals surface area contributed by atoms with Crippen LogP contribution in [-0.4, -0.2) is 76.5 Å². The summed E-state index contributed by atoms with van der Waals surface area (Å²) in [6.07, 6.45) is -5.26. The molecular weight excluding hydrogens is 606 g/mol. The first-order valence-corrected chi connectivity index (χ1v) is 15.3. The molecule has 0 amide bonds. The minimum absolute atomic E-state index is 0.0297. The predicted molar refractivity (Wildman–Crippen MR) is 155 cm³/mol. The van der Waals surface area contributed by atoms with Crippen LogP contribution in [0.25, 0.3) is 10.4 Å². The second-order valence-corrected chi connectivity index (χ2v) is 14.7. The number of esters is 2. The summed E-state index contributed by atoms with van der Waals surface area (Å²) < 4.78 is 51.9. The second-order valence-electron chi connectivity index (χ2n) is 12.8. The van der Waals surface area contributed by atoms with E-state index in [9.17, 15) is 29.6 Å². The van der Waals surface area contributed by atoms with Crippen molar-refractivity contribution in [2.45, 2.75) is 91.7 Å². The summed E-state index contributed by atoms with van der Waals surface area (Å²) in [5, 5.41) is 18.8. The van der Waals surface area contributed by atoms with Crippen LogP contribution in [-0.2, 0) is 32.9 Å². The highest BCUT2D eigenvalue weighted by Gasteiger charge is 2.57. The van der Waals surface area contributed by atoms with Gasteiger partial charge >= 0.3 is 25.3 Å². The Labute approximate surface area is 254 Å². The maximum absolute atomic E-state index is 15.6. The van der Waals surface area contributed by atoms with Crippen LogP contribution in [0.15, 0.2) is 22.2 Å². The lowest BCUT2D eigenvalue weighted by molar-refractivity contribution is -0.148. The summed E-state index contributed by atoms with van der Waals surface area (Å²) in [5.41, 5.74) is 10.3. The fraction of sp³-hybridized carbons (Fsp3) is 0.760. The van der Waals surface area contributed by atoms with E-state index in [4.69, 9.17) is 24.5 Å². The Morgan fingerprint density at radius 1 is 1.20 bits per heavy atom.